The van der Waals surface area contributed by atoms with Crippen LogP contribution < -0.4 is 5.11 Å². The van der Waals surface area contributed by atoms with Crippen LogP contribution >= 0.6 is 0 Å². The van der Waals surface area contributed by atoms with Gasteiger partial charge in [0.15, 0.2) is 0 Å². The predicted octanol–water partition coefficient (Wildman–Crippen LogP) is -1.41. The third-order valence-electron chi connectivity index (χ3n) is 2.38. The van der Waals surface area contributed by atoms with E-state index < -0.39 is 5.97 Å². The molecule has 0 aliphatic heterocycles. The van der Waals surface area contributed by atoms with Crippen LogP contribution in [0.5, 0.6) is 0 Å². The van der Waals surface area contributed by atoms with Crippen molar-refractivity contribution in [3.05, 3.63) is 0 Å². The van der Waals surface area contributed by atoms with E-state index in [9.17, 15) is 9.90 Å². The summed E-state index contributed by atoms with van der Waals surface area (Å²) in [5.74, 6) is -1.05. The summed E-state index contributed by atoms with van der Waals surface area (Å²) < 4.78 is 0.402. The van der Waals surface area contributed by atoms with Crippen LogP contribution in [-0.4, -0.2) is 48.3 Å². The smallest absolute Gasteiger partial charge is 0.119 e. The molecule has 1 N–H and O–H groups in total. The molecule has 0 spiro atoms. The Morgan fingerprint density at radius 1 is 1.42 bits per heavy atom. The molecule has 0 radical (unpaired) electrons. The summed E-state index contributed by atoms with van der Waals surface area (Å²) in [6, 6.07) is 0. The van der Waals surface area contributed by atoms with Crippen LogP contribution in [0, 0.1) is 0 Å². The number of hydrogen-bond acceptors (Lipinski definition) is 3. The summed E-state index contributed by atoms with van der Waals surface area (Å²) in [6.45, 7) is 5.77. The van der Waals surface area contributed by atoms with Crippen molar-refractivity contribution >= 4 is 5.97 Å². The number of hydrogen-bond donors (Lipinski definition) is 1. The molecule has 0 saturated carbocycles. The molecule has 0 heterocycles. The highest BCUT2D eigenvalue weighted by molar-refractivity contribution is 5.65. The Morgan fingerprint density at radius 3 is 2.17 bits per heavy atom. The van der Waals surface area contributed by atoms with E-state index in [4.69, 9.17) is 5.11 Å². The fourth-order valence-corrected chi connectivity index (χ4v) is 1.33. The molecule has 12 heavy (non-hydrogen) atoms. The van der Waals surface area contributed by atoms with Gasteiger partial charge in [-0.3, -0.25) is 0 Å². The van der Waals surface area contributed by atoms with Crippen LogP contribution in [0.3, 0.4) is 0 Å². The number of carboxylic acid groups (broad SMARTS) is 1. The van der Waals surface area contributed by atoms with Crippen molar-refractivity contribution in [1.29, 1.82) is 0 Å². The molecule has 0 amide bonds. The molecular weight excluding hydrogens is 158 g/mol. The van der Waals surface area contributed by atoms with Crippen LogP contribution in [0.2, 0.25) is 0 Å². The normalized spacial score (nSPS) is 11.6. The topological polar surface area (TPSA) is 60.4 Å². The maximum atomic E-state index is 10.4. The van der Waals surface area contributed by atoms with E-state index >= 15 is 0 Å². The Morgan fingerprint density at radius 2 is 1.92 bits per heavy atom. The first kappa shape index (κ1) is 11.4. The Labute approximate surface area is 73.0 Å². The zero-order valence-corrected chi connectivity index (χ0v) is 7.75. The van der Waals surface area contributed by atoms with Crippen LogP contribution in [-0.2, 0) is 4.79 Å². The molecule has 0 saturated heterocycles. The zero-order valence-electron chi connectivity index (χ0n) is 7.75. The lowest BCUT2D eigenvalue weighted by atomic mass is 10.3. The highest BCUT2D eigenvalue weighted by atomic mass is 16.4. The van der Waals surface area contributed by atoms with Gasteiger partial charge in [-0.2, -0.15) is 0 Å². The van der Waals surface area contributed by atoms with E-state index in [2.05, 4.69) is 0 Å². The Hall–Kier alpha value is -0.610. The average Bonchev–Trinajstić information content (AvgIpc) is 2.03. The first-order chi connectivity index (χ1) is 5.60. The average molecular weight is 175 g/mol. The second kappa shape index (κ2) is 5.11. The number of aliphatic hydroxyl groups excluding tert-OH is 1. The number of carbonyl (C=O) groups excluding carboxylic acids is 1. The number of carbonyl (C=O) groups is 1. The van der Waals surface area contributed by atoms with Gasteiger partial charge >= 0.3 is 0 Å². The maximum Gasteiger partial charge on any atom is 0.119 e. The molecule has 0 rings (SSSR count). The highest BCUT2D eigenvalue weighted by Crippen LogP contribution is 2.03. The minimum absolute atomic E-state index is 0.00639. The van der Waals surface area contributed by atoms with Crippen molar-refractivity contribution < 1.29 is 19.5 Å². The lowest BCUT2D eigenvalue weighted by Gasteiger charge is -2.36. The summed E-state index contributed by atoms with van der Waals surface area (Å²) in [6.07, 6.45) is 0. The number of carboxylic acids is 1. The molecule has 0 aliphatic rings. The summed E-state index contributed by atoms with van der Waals surface area (Å²) in [7, 11) is 0. The molecule has 4 nitrogen and oxygen atoms in total. The van der Waals surface area contributed by atoms with Gasteiger partial charge in [0.2, 0.25) is 0 Å². The number of rotatable bonds is 6. The fraction of sp³-hybridized carbons (Fsp3) is 0.875. The lowest BCUT2D eigenvalue weighted by molar-refractivity contribution is -0.919. The third-order valence-corrected chi connectivity index (χ3v) is 2.38. The SMILES string of the molecule is CC[N+](CC)(CCO)CC(=O)[O-]. The monoisotopic (exact) mass is 175 g/mol. The van der Waals surface area contributed by atoms with E-state index in [0.29, 0.717) is 24.1 Å². The molecule has 72 valence electrons. The highest BCUT2D eigenvalue weighted by Gasteiger charge is 2.22. The number of aliphatic carboxylic acids is 1. The van der Waals surface area contributed by atoms with Gasteiger partial charge in [-0.25, -0.2) is 0 Å². The zero-order chi connectivity index (χ0) is 9.61. The van der Waals surface area contributed by atoms with Gasteiger partial charge in [0.1, 0.15) is 13.1 Å². The largest absolute Gasteiger partial charge is 0.544 e. The molecular formula is C8H17NO3. The first-order valence-corrected chi connectivity index (χ1v) is 4.26. The van der Waals surface area contributed by atoms with E-state index in [1.165, 1.54) is 0 Å². The molecule has 4 heteroatoms. The van der Waals surface area contributed by atoms with Crippen molar-refractivity contribution in [2.24, 2.45) is 0 Å². The van der Waals surface area contributed by atoms with Gasteiger partial charge in [-0.05, 0) is 13.8 Å². The summed E-state index contributed by atoms with van der Waals surface area (Å²) in [5, 5.41) is 19.1. The molecule has 0 aromatic rings. The van der Waals surface area contributed by atoms with Crippen LogP contribution in [0.25, 0.3) is 0 Å². The second-order valence-electron chi connectivity index (χ2n) is 2.95. The first-order valence-electron chi connectivity index (χ1n) is 4.26. The minimum Gasteiger partial charge on any atom is -0.544 e. The quantitative estimate of drug-likeness (QED) is 0.504. The van der Waals surface area contributed by atoms with E-state index in [-0.39, 0.29) is 13.2 Å². The number of quaternary nitrogens is 1. The van der Waals surface area contributed by atoms with Crippen LogP contribution in [0.1, 0.15) is 13.8 Å². The standard InChI is InChI=1S/C8H17NO3/c1-3-9(4-2,5-6-10)7-8(11)12/h10H,3-7H2,1-2H3. The number of likely N-dealkylation sites (N-methyl/N-ethyl adjacent to an activating group) is 1. The Kier molecular flexibility index (Phi) is 4.85. The summed E-state index contributed by atoms with van der Waals surface area (Å²) >= 11 is 0. The molecule has 0 fully saturated rings. The predicted molar refractivity (Wildman–Crippen MR) is 43.2 cm³/mol. The fourth-order valence-electron chi connectivity index (χ4n) is 1.33. The molecule has 0 aromatic carbocycles. The van der Waals surface area contributed by atoms with Gasteiger partial charge in [-0.1, -0.05) is 0 Å². The van der Waals surface area contributed by atoms with Gasteiger partial charge in [0.25, 0.3) is 0 Å². The maximum absolute atomic E-state index is 10.4. The van der Waals surface area contributed by atoms with Crippen molar-refractivity contribution in [3.63, 3.8) is 0 Å². The lowest BCUT2D eigenvalue weighted by Crippen LogP contribution is -2.55. The molecule has 0 bridgehead atoms. The van der Waals surface area contributed by atoms with Gasteiger partial charge in [0.05, 0.1) is 25.7 Å². The Balaban J connectivity index is 4.23. The van der Waals surface area contributed by atoms with Crippen LogP contribution in [0.4, 0.5) is 0 Å². The minimum atomic E-state index is -1.05. The van der Waals surface area contributed by atoms with Crippen LogP contribution in [0.15, 0.2) is 0 Å². The van der Waals surface area contributed by atoms with E-state index in [1.807, 2.05) is 13.8 Å². The molecule has 0 atom stereocenters. The van der Waals surface area contributed by atoms with E-state index in [1.54, 1.807) is 0 Å². The third kappa shape index (κ3) is 3.19. The summed E-state index contributed by atoms with van der Waals surface area (Å²) in [4.78, 5) is 10.4. The molecule has 0 unspecified atom stereocenters. The molecule has 0 aliphatic carbocycles. The van der Waals surface area contributed by atoms with Crippen molar-refractivity contribution in [1.82, 2.24) is 0 Å². The van der Waals surface area contributed by atoms with E-state index in [0.717, 1.165) is 0 Å². The Bertz CT molecular complexity index is 143. The van der Waals surface area contributed by atoms with Crippen molar-refractivity contribution in [3.8, 4) is 0 Å². The number of nitrogens with zero attached hydrogens (tertiary/aromatic N) is 1. The second-order valence-corrected chi connectivity index (χ2v) is 2.95. The summed E-state index contributed by atoms with van der Waals surface area (Å²) in [5.41, 5.74) is 0. The van der Waals surface area contributed by atoms with Gasteiger partial charge in [-0.15, -0.1) is 0 Å². The molecule has 0 aromatic heterocycles. The number of aliphatic hydroxyl groups is 1. The van der Waals surface area contributed by atoms with Gasteiger partial charge < -0.3 is 19.5 Å². The van der Waals surface area contributed by atoms with Gasteiger partial charge in [0, 0.05) is 0 Å². The van der Waals surface area contributed by atoms with Crippen molar-refractivity contribution in [2.45, 2.75) is 13.8 Å². The van der Waals surface area contributed by atoms with Crippen molar-refractivity contribution in [2.75, 3.05) is 32.8 Å².